The van der Waals surface area contributed by atoms with E-state index in [4.69, 9.17) is 5.11 Å². The van der Waals surface area contributed by atoms with Crippen molar-refractivity contribution in [3.8, 4) is 0 Å². The zero-order chi connectivity index (χ0) is 13.7. The maximum atomic E-state index is 10.9. The molecule has 2 rings (SSSR count). The molecule has 1 unspecified atom stereocenters. The molecule has 0 saturated heterocycles. The second-order valence-electron chi connectivity index (χ2n) is 4.26. The first-order valence-corrected chi connectivity index (χ1v) is 7.01. The summed E-state index contributed by atoms with van der Waals surface area (Å²) in [5, 5.41) is 9.94. The Bertz CT molecular complexity index is 540. The van der Waals surface area contributed by atoms with Gasteiger partial charge in [0.25, 0.3) is 0 Å². The second-order valence-corrected chi connectivity index (χ2v) is 5.25. The highest BCUT2D eigenvalue weighted by atomic mass is 32.2. The third-order valence-corrected chi connectivity index (χ3v) is 3.89. The molecule has 2 aromatic rings. The average molecular weight is 273 g/mol. The Morgan fingerprint density at radius 1 is 1.26 bits per heavy atom. The number of benzene rings is 1. The highest BCUT2D eigenvalue weighted by Crippen LogP contribution is 2.22. The molecule has 4 heteroatoms. The lowest BCUT2D eigenvalue weighted by molar-refractivity contribution is -0.138. The SMILES string of the molecule is CC(C(=O)O)c1ccc(CSc2ccccn2)cc1. The molecule has 0 amide bonds. The molecule has 1 aromatic carbocycles. The van der Waals surface area contributed by atoms with Crippen molar-refractivity contribution in [2.24, 2.45) is 0 Å². The van der Waals surface area contributed by atoms with Crippen molar-refractivity contribution in [1.29, 1.82) is 0 Å². The number of rotatable bonds is 5. The molecule has 0 aliphatic rings. The molecule has 0 fully saturated rings. The van der Waals surface area contributed by atoms with E-state index in [1.165, 1.54) is 0 Å². The Balaban J connectivity index is 1.97. The third kappa shape index (κ3) is 3.83. The predicted molar refractivity (Wildman–Crippen MR) is 76.3 cm³/mol. The van der Waals surface area contributed by atoms with Gasteiger partial charge in [-0.05, 0) is 30.2 Å². The minimum absolute atomic E-state index is 0.461. The lowest BCUT2D eigenvalue weighted by atomic mass is 10.0. The quantitative estimate of drug-likeness (QED) is 0.846. The van der Waals surface area contributed by atoms with Gasteiger partial charge in [-0.15, -0.1) is 11.8 Å². The first kappa shape index (κ1) is 13.6. The summed E-state index contributed by atoms with van der Waals surface area (Å²) in [5.74, 6) is -0.424. The summed E-state index contributed by atoms with van der Waals surface area (Å²) in [4.78, 5) is 15.1. The minimum atomic E-state index is -0.796. The molecule has 0 bridgehead atoms. The largest absolute Gasteiger partial charge is 0.481 e. The first-order chi connectivity index (χ1) is 9.16. The van der Waals surface area contributed by atoms with Crippen molar-refractivity contribution >= 4 is 17.7 Å². The molecule has 1 aromatic heterocycles. The molecule has 1 atom stereocenters. The molecule has 98 valence electrons. The summed E-state index contributed by atoms with van der Waals surface area (Å²) in [6.45, 7) is 1.69. The molecule has 1 N–H and O–H groups in total. The van der Waals surface area contributed by atoms with Gasteiger partial charge in [0.2, 0.25) is 0 Å². The maximum absolute atomic E-state index is 10.9. The van der Waals surface area contributed by atoms with Crippen LogP contribution in [0.1, 0.15) is 24.0 Å². The number of thioether (sulfide) groups is 1. The average Bonchev–Trinajstić information content (AvgIpc) is 2.46. The van der Waals surface area contributed by atoms with Crippen LogP contribution in [-0.2, 0) is 10.5 Å². The number of aromatic nitrogens is 1. The van der Waals surface area contributed by atoms with Gasteiger partial charge < -0.3 is 5.11 Å². The number of pyridine rings is 1. The number of carboxylic acids is 1. The Kier molecular flexibility index (Phi) is 4.58. The zero-order valence-corrected chi connectivity index (χ0v) is 11.4. The van der Waals surface area contributed by atoms with Crippen molar-refractivity contribution in [2.45, 2.75) is 23.6 Å². The summed E-state index contributed by atoms with van der Waals surface area (Å²) in [6, 6.07) is 13.6. The molecule has 1 heterocycles. The lowest BCUT2D eigenvalue weighted by Gasteiger charge is -2.07. The van der Waals surface area contributed by atoms with Crippen LogP contribution in [0, 0.1) is 0 Å². The smallest absolute Gasteiger partial charge is 0.310 e. The zero-order valence-electron chi connectivity index (χ0n) is 10.6. The Labute approximate surface area is 116 Å². The van der Waals surface area contributed by atoms with Gasteiger partial charge in [-0.2, -0.15) is 0 Å². The van der Waals surface area contributed by atoms with Crippen molar-refractivity contribution in [1.82, 2.24) is 4.98 Å². The van der Waals surface area contributed by atoms with Gasteiger partial charge in [-0.25, -0.2) is 4.98 Å². The maximum Gasteiger partial charge on any atom is 0.310 e. The molecular formula is C15H15NO2S. The normalized spacial score (nSPS) is 12.1. The van der Waals surface area contributed by atoms with Crippen LogP contribution < -0.4 is 0 Å². The summed E-state index contributed by atoms with van der Waals surface area (Å²) < 4.78 is 0. The number of aliphatic carboxylic acids is 1. The Hall–Kier alpha value is -1.81. The van der Waals surface area contributed by atoms with Gasteiger partial charge in [-0.3, -0.25) is 4.79 Å². The Morgan fingerprint density at radius 3 is 2.58 bits per heavy atom. The van der Waals surface area contributed by atoms with Gasteiger partial charge in [0, 0.05) is 11.9 Å². The van der Waals surface area contributed by atoms with E-state index in [0.717, 1.165) is 21.9 Å². The molecule has 0 spiro atoms. The first-order valence-electron chi connectivity index (χ1n) is 6.02. The fourth-order valence-corrected chi connectivity index (χ4v) is 2.45. The molecule has 0 aliphatic carbocycles. The molecule has 19 heavy (non-hydrogen) atoms. The van der Waals surface area contributed by atoms with Crippen molar-refractivity contribution in [3.05, 3.63) is 59.8 Å². The fraction of sp³-hybridized carbons (Fsp3) is 0.200. The van der Waals surface area contributed by atoms with E-state index in [0.29, 0.717) is 0 Å². The van der Waals surface area contributed by atoms with Gasteiger partial charge >= 0.3 is 5.97 Å². The van der Waals surface area contributed by atoms with Crippen LogP contribution in [0.5, 0.6) is 0 Å². The predicted octanol–water partition coefficient (Wildman–Crippen LogP) is 3.56. The summed E-state index contributed by atoms with van der Waals surface area (Å²) in [5.41, 5.74) is 2.00. The van der Waals surface area contributed by atoms with Gasteiger partial charge in [0.05, 0.1) is 10.9 Å². The summed E-state index contributed by atoms with van der Waals surface area (Å²) in [7, 11) is 0. The van der Waals surface area contributed by atoms with Crippen LogP contribution in [0.2, 0.25) is 0 Å². The van der Waals surface area contributed by atoms with Crippen LogP contribution in [0.3, 0.4) is 0 Å². The number of hydrogen-bond donors (Lipinski definition) is 1. The highest BCUT2D eigenvalue weighted by molar-refractivity contribution is 7.98. The topological polar surface area (TPSA) is 50.2 Å². The molecule has 3 nitrogen and oxygen atoms in total. The van der Waals surface area contributed by atoms with Crippen LogP contribution in [0.25, 0.3) is 0 Å². The molecule has 0 saturated carbocycles. The van der Waals surface area contributed by atoms with Gasteiger partial charge in [0.15, 0.2) is 0 Å². The summed E-state index contributed by atoms with van der Waals surface area (Å²) >= 11 is 1.67. The van der Waals surface area contributed by atoms with Crippen molar-refractivity contribution < 1.29 is 9.90 Å². The van der Waals surface area contributed by atoms with Crippen LogP contribution in [-0.4, -0.2) is 16.1 Å². The van der Waals surface area contributed by atoms with E-state index >= 15 is 0 Å². The van der Waals surface area contributed by atoms with E-state index in [1.807, 2.05) is 42.5 Å². The van der Waals surface area contributed by atoms with Crippen LogP contribution in [0.4, 0.5) is 0 Å². The van der Waals surface area contributed by atoms with E-state index in [2.05, 4.69) is 4.98 Å². The molecule has 0 radical (unpaired) electrons. The standard InChI is InChI=1S/C15H15NO2S/c1-11(15(17)18)13-7-5-12(6-8-13)10-19-14-4-2-3-9-16-14/h2-9,11H,10H2,1H3,(H,17,18). The number of nitrogens with zero attached hydrogens (tertiary/aromatic N) is 1. The minimum Gasteiger partial charge on any atom is -0.481 e. The van der Waals surface area contributed by atoms with E-state index in [-0.39, 0.29) is 0 Å². The van der Waals surface area contributed by atoms with Crippen LogP contribution >= 0.6 is 11.8 Å². The molecule has 0 aliphatic heterocycles. The van der Waals surface area contributed by atoms with E-state index < -0.39 is 11.9 Å². The van der Waals surface area contributed by atoms with E-state index in [9.17, 15) is 4.79 Å². The summed E-state index contributed by atoms with van der Waals surface area (Å²) in [6.07, 6.45) is 1.78. The van der Waals surface area contributed by atoms with Gasteiger partial charge in [-0.1, -0.05) is 30.3 Å². The van der Waals surface area contributed by atoms with Crippen molar-refractivity contribution in [3.63, 3.8) is 0 Å². The second kappa shape index (κ2) is 6.38. The fourth-order valence-electron chi connectivity index (χ4n) is 1.63. The van der Waals surface area contributed by atoms with Crippen LogP contribution in [0.15, 0.2) is 53.7 Å². The Morgan fingerprint density at radius 2 is 2.00 bits per heavy atom. The monoisotopic (exact) mass is 273 g/mol. The number of hydrogen-bond acceptors (Lipinski definition) is 3. The van der Waals surface area contributed by atoms with Gasteiger partial charge in [0.1, 0.15) is 0 Å². The van der Waals surface area contributed by atoms with Crippen molar-refractivity contribution in [2.75, 3.05) is 0 Å². The molecular weight excluding hydrogens is 258 g/mol. The number of carboxylic acid groups (broad SMARTS) is 1. The van der Waals surface area contributed by atoms with E-state index in [1.54, 1.807) is 24.9 Å². The lowest BCUT2D eigenvalue weighted by Crippen LogP contribution is -2.07. The number of carbonyl (C=O) groups is 1. The highest BCUT2D eigenvalue weighted by Gasteiger charge is 2.12. The third-order valence-electron chi connectivity index (χ3n) is 2.87.